The lowest BCUT2D eigenvalue weighted by molar-refractivity contribution is 0.282. The summed E-state index contributed by atoms with van der Waals surface area (Å²) in [7, 11) is -1.93. The van der Waals surface area contributed by atoms with Gasteiger partial charge in [-0.15, -0.1) is 0 Å². The van der Waals surface area contributed by atoms with Crippen molar-refractivity contribution in [1.82, 2.24) is 14.5 Å². The first-order chi connectivity index (χ1) is 9.44. The summed E-state index contributed by atoms with van der Waals surface area (Å²) in [5.41, 5.74) is 1.23. The average molecular weight is 316 g/mol. The SMILES string of the molecule is Cn1nccc1CNS(=O)(=O)c1ccc(CO)c(Cl)c1. The molecule has 1 aromatic carbocycles. The normalized spacial score (nSPS) is 11.8. The standard InChI is InChI=1S/C12H14ClN3O3S/c1-16-10(4-5-14-16)7-15-20(18,19)11-3-2-9(8-17)12(13)6-11/h2-6,15,17H,7-8H2,1H3. The molecule has 2 rings (SSSR count). The third kappa shape index (κ3) is 3.18. The number of aryl methyl sites for hydroxylation is 1. The summed E-state index contributed by atoms with van der Waals surface area (Å²) in [4.78, 5) is 0.0573. The van der Waals surface area contributed by atoms with Gasteiger partial charge in [0.2, 0.25) is 10.0 Å². The second-order valence-corrected chi connectivity index (χ2v) is 6.36. The molecule has 0 fully saturated rings. The van der Waals surface area contributed by atoms with Gasteiger partial charge in [-0.3, -0.25) is 4.68 Å². The number of benzene rings is 1. The van der Waals surface area contributed by atoms with Gasteiger partial charge in [-0.05, 0) is 23.8 Å². The number of sulfonamides is 1. The Labute approximate surface area is 122 Å². The molecule has 1 heterocycles. The number of aliphatic hydroxyl groups is 1. The summed E-state index contributed by atoms with van der Waals surface area (Å²) in [6, 6.07) is 5.94. The quantitative estimate of drug-likeness (QED) is 0.863. The molecule has 0 spiro atoms. The van der Waals surface area contributed by atoms with Crippen molar-refractivity contribution in [2.75, 3.05) is 0 Å². The molecule has 2 aromatic rings. The lowest BCUT2D eigenvalue weighted by Gasteiger charge is -2.08. The van der Waals surface area contributed by atoms with Gasteiger partial charge >= 0.3 is 0 Å². The number of nitrogens with zero attached hydrogens (tertiary/aromatic N) is 2. The van der Waals surface area contributed by atoms with Gasteiger partial charge in [-0.1, -0.05) is 17.7 Å². The van der Waals surface area contributed by atoms with Crippen LogP contribution in [0.1, 0.15) is 11.3 Å². The molecule has 0 saturated carbocycles. The first-order valence-corrected chi connectivity index (χ1v) is 7.66. The Bertz CT molecular complexity index is 712. The first-order valence-electron chi connectivity index (χ1n) is 5.80. The minimum atomic E-state index is -3.66. The van der Waals surface area contributed by atoms with Crippen molar-refractivity contribution in [3.8, 4) is 0 Å². The molecule has 0 aliphatic heterocycles. The number of nitrogens with one attached hydrogen (secondary N) is 1. The van der Waals surface area contributed by atoms with Crippen LogP contribution in [0.15, 0.2) is 35.4 Å². The van der Waals surface area contributed by atoms with Gasteiger partial charge in [0.05, 0.1) is 23.7 Å². The third-order valence-electron chi connectivity index (χ3n) is 2.87. The molecule has 0 aliphatic carbocycles. The van der Waals surface area contributed by atoms with E-state index in [1.54, 1.807) is 24.0 Å². The molecule has 0 radical (unpaired) electrons. The van der Waals surface area contributed by atoms with Crippen LogP contribution < -0.4 is 4.72 Å². The van der Waals surface area contributed by atoms with Gasteiger partial charge < -0.3 is 5.11 Å². The number of rotatable bonds is 5. The number of aromatic nitrogens is 2. The Balaban J connectivity index is 2.18. The molecule has 8 heteroatoms. The second-order valence-electron chi connectivity index (χ2n) is 4.18. The van der Waals surface area contributed by atoms with Crippen LogP contribution in [0.25, 0.3) is 0 Å². The van der Waals surface area contributed by atoms with E-state index >= 15 is 0 Å². The molecule has 20 heavy (non-hydrogen) atoms. The predicted octanol–water partition coefficient (Wildman–Crippen LogP) is 1.04. The van der Waals surface area contributed by atoms with Crippen LogP contribution in [0.3, 0.4) is 0 Å². The van der Waals surface area contributed by atoms with Crippen LogP contribution in [0.2, 0.25) is 5.02 Å². The summed E-state index contributed by atoms with van der Waals surface area (Å²) in [5, 5.41) is 13.2. The van der Waals surface area contributed by atoms with Crippen LogP contribution >= 0.6 is 11.6 Å². The third-order valence-corrected chi connectivity index (χ3v) is 4.62. The zero-order valence-electron chi connectivity index (χ0n) is 10.7. The van der Waals surface area contributed by atoms with Crippen molar-refractivity contribution in [3.05, 3.63) is 46.7 Å². The minimum Gasteiger partial charge on any atom is -0.392 e. The van der Waals surface area contributed by atoms with Gasteiger partial charge in [0.1, 0.15) is 0 Å². The molecule has 0 atom stereocenters. The van der Waals surface area contributed by atoms with Crippen LogP contribution in [0.5, 0.6) is 0 Å². The molecular formula is C12H14ClN3O3S. The Morgan fingerprint density at radius 2 is 2.15 bits per heavy atom. The molecule has 0 aliphatic rings. The number of aliphatic hydroxyl groups excluding tert-OH is 1. The van der Waals surface area contributed by atoms with Crippen molar-refractivity contribution < 1.29 is 13.5 Å². The molecule has 0 amide bonds. The number of halogens is 1. The van der Waals surface area contributed by atoms with Gasteiger partial charge in [-0.25, -0.2) is 13.1 Å². The van der Waals surface area contributed by atoms with E-state index in [-0.39, 0.29) is 23.1 Å². The Hall–Kier alpha value is -1.41. The largest absolute Gasteiger partial charge is 0.392 e. The predicted molar refractivity (Wildman–Crippen MR) is 74.6 cm³/mol. The summed E-state index contributed by atoms with van der Waals surface area (Å²) in [6.45, 7) is -0.0974. The van der Waals surface area contributed by atoms with Crippen LogP contribution in [0.4, 0.5) is 0 Å². The van der Waals surface area contributed by atoms with Crippen molar-refractivity contribution in [3.63, 3.8) is 0 Å². The molecule has 2 N–H and O–H groups in total. The van der Waals surface area contributed by atoms with Crippen molar-refractivity contribution in [2.45, 2.75) is 18.0 Å². The smallest absolute Gasteiger partial charge is 0.240 e. The lowest BCUT2D eigenvalue weighted by Crippen LogP contribution is -2.24. The summed E-state index contributed by atoms with van der Waals surface area (Å²) < 4.78 is 28.3. The van der Waals surface area contributed by atoms with E-state index in [1.807, 2.05) is 0 Å². The Morgan fingerprint density at radius 3 is 2.70 bits per heavy atom. The maximum Gasteiger partial charge on any atom is 0.240 e. The average Bonchev–Trinajstić information content (AvgIpc) is 2.82. The van der Waals surface area contributed by atoms with Crippen molar-refractivity contribution in [2.24, 2.45) is 7.05 Å². The molecule has 1 aromatic heterocycles. The fourth-order valence-corrected chi connectivity index (χ4v) is 2.98. The highest BCUT2D eigenvalue weighted by Crippen LogP contribution is 2.20. The summed E-state index contributed by atoms with van der Waals surface area (Å²) in [5.74, 6) is 0. The van der Waals surface area contributed by atoms with Gasteiger partial charge in [-0.2, -0.15) is 5.10 Å². The molecular weight excluding hydrogens is 302 g/mol. The summed E-state index contributed by atoms with van der Waals surface area (Å²) in [6.07, 6.45) is 1.59. The molecule has 0 saturated heterocycles. The lowest BCUT2D eigenvalue weighted by atomic mass is 10.2. The number of hydrogen-bond donors (Lipinski definition) is 2. The van der Waals surface area contributed by atoms with E-state index in [4.69, 9.17) is 16.7 Å². The topological polar surface area (TPSA) is 84.2 Å². The van der Waals surface area contributed by atoms with E-state index in [9.17, 15) is 8.42 Å². The highest BCUT2D eigenvalue weighted by molar-refractivity contribution is 7.89. The fourth-order valence-electron chi connectivity index (χ4n) is 1.65. The maximum absolute atomic E-state index is 12.1. The highest BCUT2D eigenvalue weighted by atomic mass is 35.5. The Kier molecular flexibility index (Phi) is 4.44. The van der Waals surface area contributed by atoms with E-state index in [1.165, 1.54) is 18.2 Å². The molecule has 108 valence electrons. The zero-order valence-corrected chi connectivity index (χ0v) is 12.3. The van der Waals surface area contributed by atoms with E-state index < -0.39 is 10.0 Å². The van der Waals surface area contributed by atoms with E-state index in [0.717, 1.165) is 5.69 Å². The molecule has 0 bridgehead atoms. The zero-order chi connectivity index (χ0) is 14.8. The molecule has 0 unspecified atom stereocenters. The molecule has 6 nitrogen and oxygen atoms in total. The van der Waals surface area contributed by atoms with Gasteiger partial charge in [0.25, 0.3) is 0 Å². The second kappa shape index (κ2) is 5.92. The van der Waals surface area contributed by atoms with Crippen molar-refractivity contribution in [1.29, 1.82) is 0 Å². The van der Waals surface area contributed by atoms with Crippen LogP contribution in [0, 0.1) is 0 Å². The fraction of sp³-hybridized carbons (Fsp3) is 0.250. The van der Waals surface area contributed by atoms with Crippen LogP contribution in [-0.2, 0) is 30.2 Å². The highest BCUT2D eigenvalue weighted by Gasteiger charge is 2.16. The van der Waals surface area contributed by atoms with E-state index in [0.29, 0.717) is 5.56 Å². The Morgan fingerprint density at radius 1 is 1.40 bits per heavy atom. The monoisotopic (exact) mass is 315 g/mol. The number of hydrogen-bond acceptors (Lipinski definition) is 4. The minimum absolute atomic E-state index is 0.0573. The van der Waals surface area contributed by atoms with Gasteiger partial charge in [0.15, 0.2) is 0 Å². The van der Waals surface area contributed by atoms with Crippen molar-refractivity contribution >= 4 is 21.6 Å². The van der Waals surface area contributed by atoms with Crippen LogP contribution in [-0.4, -0.2) is 23.3 Å². The first kappa shape index (κ1) is 15.0. The van der Waals surface area contributed by atoms with E-state index in [2.05, 4.69) is 9.82 Å². The maximum atomic E-state index is 12.1. The van der Waals surface area contributed by atoms with Gasteiger partial charge in [0, 0.05) is 18.3 Å². The summed E-state index contributed by atoms with van der Waals surface area (Å²) >= 11 is 5.89.